The molecule has 3 aromatic carbocycles. The summed E-state index contributed by atoms with van der Waals surface area (Å²) < 4.78 is 0. The van der Waals surface area contributed by atoms with Gasteiger partial charge in [0, 0.05) is 54.2 Å². The molecule has 2 N–H and O–H groups in total. The Bertz CT molecular complexity index is 1360. The van der Waals surface area contributed by atoms with Gasteiger partial charge in [-0.05, 0) is 61.5 Å². The number of nitrogens with zero attached hydrogens (tertiary/aromatic N) is 2. The van der Waals surface area contributed by atoms with Gasteiger partial charge in [0.25, 0.3) is 11.8 Å². The van der Waals surface area contributed by atoms with Gasteiger partial charge in [-0.15, -0.1) is 0 Å². The third-order valence-electron chi connectivity index (χ3n) is 6.78. The van der Waals surface area contributed by atoms with E-state index in [1.54, 1.807) is 6.07 Å². The van der Waals surface area contributed by atoms with E-state index in [4.69, 9.17) is 0 Å². The van der Waals surface area contributed by atoms with Crippen LogP contribution in [0.5, 0.6) is 0 Å². The predicted molar refractivity (Wildman–Crippen MR) is 142 cm³/mol. The minimum Gasteiger partial charge on any atom is -0.354 e. The molecule has 36 heavy (non-hydrogen) atoms. The van der Waals surface area contributed by atoms with Crippen LogP contribution >= 0.6 is 0 Å². The van der Waals surface area contributed by atoms with Gasteiger partial charge in [-0.25, -0.2) is 0 Å². The number of anilines is 2. The van der Waals surface area contributed by atoms with E-state index < -0.39 is 0 Å². The summed E-state index contributed by atoms with van der Waals surface area (Å²) in [6.45, 7) is 5.04. The molecule has 0 atom stereocenters. The standard InChI is InChI=1S/C29H28N4O3/c1-19-16-24-25(17-22(19)18-34)31-28(35)26(24)27(20-6-4-3-5-7-20)30-23-10-8-21(9-11-23)29(36)33-14-12-32(2)13-15-33/h3-11,16-18,30H,12-15H2,1-2H3,(H,31,35)/b27-26-. The number of benzene rings is 3. The maximum Gasteiger partial charge on any atom is 0.258 e. The lowest BCUT2D eigenvalue weighted by Gasteiger charge is -2.32. The molecule has 2 aliphatic heterocycles. The number of fused-ring (bicyclic) bond motifs is 1. The van der Waals surface area contributed by atoms with Gasteiger partial charge in [-0.3, -0.25) is 14.4 Å². The summed E-state index contributed by atoms with van der Waals surface area (Å²) in [4.78, 5) is 41.6. The van der Waals surface area contributed by atoms with Crippen molar-refractivity contribution in [2.75, 3.05) is 43.9 Å². The average Bonchev–Trinajstić information content (AvgIpc) is 3.21. The number of nitrogens with one attached hydrogen (secondary N) is 2. The van der Waals surface area contributed by atoms with Crippen LogP contribution in [-0.4, -0.2) is 61.1 Å². The molecule has 182 valence electrons. The monoisotopic (exact) mass is 480 g/mol. The maximum absolute atomic E-state index is 13.1. The number of amides is 2. The number of carbonyl (C=O) groups excluding carboxylic acids is 3. The molecule has 2 aliphatic rings. The molecule has 1 fully saturated rings. The molecule has 7 heteroatoms. The number of piperazine rings is 1. The molecule has 3 aromatic rings. The van der Waals surface area contributed by atoms with Crippen LogP contribution in [0.25, 0.3) is 11.3 Å². The van der Waals surface area contributed by atoms with Crippen molar-refractivity contribution in [2.45, 2.75) is 6.92 Å². The second-order valence-electron chi connectivity index (χ2n) is 9.24. The molecule has 0 spiro atoms. The Labute approximate surface area is 210 Å². The number of aryl methyl sites for hydroxylation is 1. The first-order valence-electron chi connectivity index (χ1n) is 12.0. The number of likely N-dealkylation sites (N-methyl/N-ethyl adjacent to an activating group) is 1. The molecule has 0 saturated carbocycles. The van der Waals surface area contributed by atoms with Crippen LogP contribution in [0.2, 0.25) is 0 Å². The van der Waals surface area contributed by atoms with Crippen LogP contribution in [0.1, 0.15) is 37.4 Å². The molecular formula is C29H28N4O3. The molecule has 2 amide bonds. The molecule has 0 aromatic heterocycles. The summed E-state index contributed by atoms with van der Waals surface area (Å²) in [6, 6.07) is 20.6. The third kappa shape index (κ3) is 4.53. The Morgan fingerprint density at radius 1 is 0.944 bits per heavy atom. The van der Waals surface area contributed by atoms with Gasteiger partial charge >= 0.3 is 0 Å². The molecule has 7 nitrogen and oxygen atoms in total. The Kier molecular flexibility index (Phi) is 6.40. The van der Waals surface area contributed by atoms with E-state index in [0.717, 1.165) is 54.8 Å². The fraction of sp³-hybridized carbons (Fsp3) is 0.207. The van der Waals surface area contributed by atoms with E-state index in [1.165, 1.54) is 0 Å². The fourth-order valence-corrected chi connectivity index (χ4v) is 4.63. The highest BCUT2D eigenvalue weighted by atomic mass is 16.2. The topological polar surface area (TPSA) is 81.8 Å². The van der Waals surface area contributed by atoms with Crippen LogP contribution in [-0.2, 0) is 4.79 Å². The molecule has 0 aliphatic carbocycles. The van der Waals surface area contributed by atoms with Gasteiger partial charge in [-0.1, -0.05) is 30.3 Å². The quantitative estimate of drug-likeness (QED) is 0.424. The SMILES string of the molecule is Cc1cc2c(cc1C=O)NC(=O)/C2=C(\Nc1ccc(C(=O)N2CCN(C)CC2)cc1)c1ccccc1. The second-order valence-corrected chi connectivity index (χ2v) is 9.24. The van der Waals surface area contributed by atoms with Gasteiger partial charge in [0.15, 0.2) is 0 Å². The smallest absolute Gasteiger partial charge is 0.258 e. The average molecular weight is 481 g/mol. The summed E-state index contributed by atoms with van der Waals surface area (Å²) in [7, 11) is 2.06. The molecule has 0 unspecified atom stereocenters. The number of carbonyl (C=O) groups is 3. The highest BCUT2D eigenvalue weighted by Crippen LogP contribution is 2.38. The zero-order valence-corrected chi connectivity index (χ0v) is 20.4. The predicted octanol–water partition coefficient (Wildman–Crippen LogP) is 4.13. The van der Waals surface area contributed by atoms with Gasteiger partial charge < -0.3 is 20.4 Å². The molecule has 5 rings (SSSR count). The first-order chi connectivity index (χ1) is 17.4. The summed E-state index contributed by atoms with van der Waals surface area (Å²) in [5.74, 6) is -0.206. The van der Waals surface area contributed by atoms with Gasteiger partial charge in [0.05, 0.1) is 11.3 Å². The normalized spacial score (nSPS) is 16.8. The maximum atomic E-state index is 13.1. The highest BCUT2D eigenvalue weighted by Gasteiger charge is 2.29. The molecule has 0 radical (unpaired) electrons. The third-order valence-corrected chi connectivity index (χ3v) is 6.78. The van der Waals surface area contributed by atoms with Crippen molar-refractivity contribution in [3.05, 3.63) is 94.5 Å². The Morgan fingerprint density at radius 2 is 1.64 bits per heavy atom. The number of hydrogen-bond acceptors (Lipinski definition) is 5. The molecule has 2 heterocycles. The lowest BCUT2D eigenvalue weighted by Crippen LogP contribution is -2.47. The Hall–Kier alpha value is -4.23. The van der Waals surface area contributed by atoms with E-state index >= 15 is 0 Å². The minimum atomic E-state index is -0.235. The van der Waals surface area contributed by atoms with Gasteiger partial charge in [0.2, 0.25) is 0 Å². The van der Waals surface area contributed by atoms with Crippen LogP contribution in [0.3, 0.4) is 0 Å². The molecule has 1 saturated heterocycles. The van der Waals surface area contributed by atoms with Crippen molar-refractivity contribution >= 4 is 40.7 Å². The van der Waals surface area contributed by atoms with Crippen LogP contribution < -0.4 is 10.6 Å². The molecular weight excluding hydrogens is 452 g/mol. The lowest BCUT2D eigenvalue weighted by molar-refractivity contribution is -0.110. The zero-order valence-electron chi connectivity index (χ0n) is 20.4. The summed E-state index contributed by atoms with van der Waals surface area (Å²) in [5.41, 5.74) is 6.13. The summed E-state index contributed by atoms with van der Waals surface area (Å²) in [5, 5.41) is 6.33. The second kappa shape index (κ2) is 9.79. The fourth-order valence-electron chi connectivity index (χ4n) is 4.63. The van der Waals surface area contributed by atoms with Crippen LogP contribution in [0.15, 0.2) is 66.7 Å². The van der Waals surface area contributed by atoms with Crippen LogP contribution in [0, 0.1) is 6.92 Å². The van der Waals surface area contributed by atoms with E-state index in [-0.39, 0.29) is 11.8 Å². The summed E-state index contributed by atoms with van der Waals surface area (Å²) in [6.07, 6.45) is 0.796. The van der Waals surface area contributed by atoms with Crippen LogP contribution in [0.4, 0.5) is 11.4 Å². The Morgan fingerprint density at radius 3 is 2.31 bits per heavy atom. The first-order valence-corrected chi connectivity index (χ1v) is 12.0. The van der Waals surface area contributed by atoms with E-state index in [0.29, 0.717) is 28.1 Å². The van der Waals surface area contributed by atoms with E-state index in [2.05, 4.69) is 22.6 Å². The van der Waals surface area contributed by atoms with E-state index in [1.807, 2.05) is 72.5 Å². The number of hydrogen-bond donors (Lipinski definition) is 2. The largest absolute Gasteiger partial charge is 0.354 e. The van der Waals surface area contributed by atoms with Crippen molar-refractivity contribution in [2.24, 2.45) is 0 Å². The van der Waals surface area contributed by atoms with E-state index in [9.17, 15) is 14.4 Å². The van der Waals surface area contributed by atoms with Crippen molar-refractivity contribution in [3.8, 4) is 0 Å². The van der Waals surface area contributed by atoms with Gasteiger partial charge in [-0.2, -0.15) is 0 Å². The zero-order chi connectivity index (χ0) is 25.2. The summed E-state index contributed by atoms with van der Waals surface area (Å²) >= 11 is 0. The van der Waals surface area contributed by atoms with Crippen molar-refractivity contribution in [1.82, 2.24) is 9.80 Å². The highest BCUT2D eigenvalue weighted by molar-refractivity contribution is 6.37. The lowest BCUT2D eigenvalue weighted by atomic mass is 9.97. The number of rotatable bonds is 5. The minimum absolute atomic E-state index is 0.0295. The molecule has 0 bridgehead atoms. The first kappa shape index (κ1) is 23.5. The van der Waals surface area contributed by atoms with Crippen molar-refractivity contribution in [1.29, 1.82) is 0 Å². The van der Waals surface area contributed by atoms with Gasteiger partial charge in [0.1, 0.15) is 6.29 Å². The Balaban J connectivity index is 1.49. The van der Waals surface area contributed by atoms with Crippen molar-refractivity contribution in [3.63, 3.8) is 0 Å². The number of aldehydes is 1. The van der Waals surface area contributed by atoms with Crippen molar-refractivity contribution < 1.29 is 14.4 Å².